The van der Waals surface area contributed by atoms with E-state index in [1.807, 2.05) is 37.3 Å². The summed E-state index contributed by atoms with van der Waals surface area (Å²) in [4.78, 5) is 17.2. The van der Waals surface area contributed by atoms with Crippen molar-refractivity contribution in [3.05, 3.63) is 58.3 Å². The van der Waals surface area contributed by atoms with Crippen molar-refractivity contribution in [1.29, 1.82) is 0 Å². The topological polar surface area (TPSA) is 46.9 Å². The van der Waals surface area contributed by atoms with Gasteiger partial charge >= 0.3 is 0 Å². The number of nitrogens with one attached hydrogen (secondary N) is 1. The van der Waals surface area contributed by atoms with E-state index < -0.39 is 0 Å². The van der Waals surface area contributed by atoms with Crippen LogP contribution in [0.15, 0.2) is 46.9 Å². The number of aromatic nitrogens is 2. The normalized spacial score (nSPS) is 15.0. The summed E-state index contributed by atoms with van der Waals surface area (Å²) in [5.41, 5.74) is 3.60. The maximum atomic E-state index is 12.5. The molecule has 1 heterocycles. The number of hydrogen-bond acceptors (Lipinski definition) is 2. The molecule has 1 aliphatic rings. The molecule has 1 saturated carbocycles. The van der Waals surface area contributed by atoms with Crippen molar-refractivity contribution in [2.24, 2.45) is 0 Å². The van der Waals surface area contributed by atoms with Gasteiger partial charge in [0, 0.05) is 21.8 Å². The van der Waals surface area contributed by atoms with Crippen molar-refractivity contribution in [3.8, 4) is 5.69 Å². The summed E-state index contributed by atoms with van der Waals surface area (Å²) >= 11 is 3.47. The largest absolute Gasteiger partial charge is 0.349 e. The monoisotopic (exact) mass is 397 g/mol. The third-order valence-electron chi connectivity index (χ3n) is 4.86. The molecule has 0 radical (unpaired) electrons. The minimum atomic E-state index is 0.00430. The molecule has 0 atom stereocenters. The number of amides is 1. The highest BCUT2D eigenvalue weighted by Crippen LogP contribution is 2.24. The van der Waals surface area contributed by atoms with Crippen LogP contribution in [0.3, 0.4) is 0 Å². The number of carbonyl (C=O) groups is 1. The minimum Gasteiger partial charge on any atom is -0.349 e. The van der Waals surface area contributed by atoms with E-state index in [0.29, 0.717) is 11.6 Å². The average Bonchev–Trinajstić information content (AvgIpc) is 3.22. The Kier molecular flexibility index (Phi) is 4.34. The molecule has 4 rings (SSSR count). The summed E-state index contributed by atoms with van der Waals surface area (Å²) in [5, 5.41) is 3.14. The number of halogens is 1. The maximum absolute atomic E-state index is 12.5. The molecule has 1 N–H and O–H groups in total. The Morgan fingerprint density at radius 1 is 1.16 bits per heavy atom. The molecule has 2 aromatic carbocycles. The fourth-order valence-corrected chi connectivity index (χ4v) is 3.86. The van der Waals surface area contributed by atoms with E-state index in [1.165, 1.54) is 12.8 Å². The lowest BCUT2D eigenvalue weighted by Crippen LogP contribution is -2.32. The van der Waals surface area contributed by atoms with Gasteiger partial charge in [0.15, 0.2) is 0 Å². The fourth-order valence-electron chi connectivity index (χ4n) is 3.60. The lowest BCUT2D eigenvalue weighted by molar-refractivity contribution is 0.0938. The SMILES string of the molecule is Cc1nc2cc(C(=O)NC3CCCC3)ccc2n1-c1ccc(Br)cc1. The summed E-state index contributed by atoms with van der Waals surface area (Å²) in [6.07, 6.45) is 4.60. The molecule has 1 aliphatic carbocycles. The van der Waals surface area contributed by atoms with Crippen LogP contribution in [0, 0.1) is 6.92 Å². The maximum Gasteiger partial charge on any atom is 0.251 e. The summed E-state index contributed by atoms with van der Waals surface area (Å²) < 4.78 is 3.16. The Labute approximate surface area is 155 Å². The highest BCUT2D eigenvalue weighted by Gasteiger charge is 2.19. The smallest absolute Gasteiger partial charge is 0.251 e. The standard InChI is InChI=1S/C20H20BrN3O/c1-13-22-18-12-14(20(25)23-16-4-2-3-5-16)6-11-19(18)24(13)17-9-7-15(21)8-10-17/h6-12,16H,2-5H2,1H3,(H,23,25). The van der Waals surface area contributed by atoms with Crippen LogP contribution in [0.1, 0.15) is 41.9 Å². The van der Waals surface area contributed by atoms with Crippen LogP contribution in [-0.4, -0.2) is 21.5 Å². The molecule has 128 valence electrons. The predicted molar refractivity (Wildman–Crippen MR) is 103 cm³/mol. The molecule has 4 nitrogen and oxygen atoms in total. The van der Waals surface area contributed by atoms with Crippen LogP contribution in [0.25, 0.3) is 16.7 Å². The average molecular weight is 398 g/mol. The highest BCUT2D eigenvalue weighted by molar-refractivity contribution is 9.10. The third kappa shape index (κ3) is 3.21. The zero-order valence-electron chi connectivity index (χ0n) is 14.1. The van der Waals surface area contributed by atoms with Gasteiger partial charge in [-0.15, -0.1) is 0 Å². The molecule has 0 bridgehead atoms. The van der Waals surface area contributed by atoms with Gasteiger partial charge in [-0.05, 0) is 62.2 Å². The molecule has 1 aromatic heterocycles. The Bertz CT molecular complexity index is 924. The number of fused-ring (bicyclic) bond motifs is 1. The summed E-state index contributed by atoms with van der Waals surface area (Å²) in [5.74, 6) is 0.912. The summed E-state index contributed by atoms with van der Waals surface area (Å²) in [6, 6.07) is 14.2. The van der Waals surface area contributed by atoms with Crippen LogP contribution in [-0.2, 0) is 0 Å². The quantitative estimate of drug-likeness (QED) is 0.691. The van der Waals surface area contributed by atoms with E-state index in [9.17, 15) is 4.79 Å². The number of rotatable bonds is 3. The molecule has 1 fully saturated rings. The Hall–Kier alpha value is -2.14. The van der Waals surface area contributed by atoms with Gasteiger partial charge in [0.1, 0.15) is 5.82 Å². The number of aryl methyl sites for hydroxylation is 1. The van der Waals surface area contributed by atoms with Crippen molar-refractivity contribution in [2.75, 3.05) is 0 Å². The molecule has 0 unspecified atom stereocenters. The first kappa shape index (κ1) is 16.3. The van der Waals surface area contributed by atoms with Gasteiger partial charge in [0.25, 0.3) is 5.91 Å². The van der Waals surface area contributed by atoms with Crippen LogP contribution >= 0.6 is 15.9 Å². The van der Waals surface area contributed by atoms with Crippen LogP contribution < -0.4 is 5.32 Å². The van der Waals surface area contributed by atoms with E-state index in [4.69, 9.17) is 0 Å². The first-order valence-electron chi connectivity index (χ1n) is 8.68. The first-order valence-corrected chi connectivity index (χ1v) is 9.47. The lowest BCUT2D eigenvalue weighted by atomic mass is 10.1. The van der Waals surface area contributed by atoms with Gasteiger partial charge in [-0.2, -0.15) is 0 Å². The van der Waals surface area contributed by atoms with E-state index in [0.717, 1.165) is 39.9 Å². The van der Waals surface area contributed by atoms with Gasteiger partial charge in [-0.25, -0.2) is 4.98 Å². The lowest BCUT2D eigenvalue weighted by Gasteiger charge is -2.12. The number of nitrogens with zero attached hydrogens (tertiary/aromatic N) is 2. The van der Waals surface area contributed by atoms with Crippen molar-refractivity contribution < 1.29 is 4.79 Å². The van der Waals surface area contributed by atoms with Crippen molar-refractivity contribution in [3.63, 3.8) is 0 Å². The molecular weight excluding hydrogens is 378 g/mol. The van der Waals surface area contributed by atoms with Gasteiger partial charge in [0.2, 0.25) is 0 Å². The van der Waals surface area contributed by atoms with Crippen molar-refractivity contribution in [1.82, 2.24) is 14.9 Å². The number of benzene rings is 2. The predicted octanol–water partition coefficient (Wildman–Crippen LogP) is 4.77. The highest BCUT2D eigenvalue weighted by atomic mass is 79.9. The van der Waals surface area contributed by atoms with Crippen molar-refractivity contribution >= 4 is 32.9 Å². The number of imidazole rings is 1. The van der Waals surface area contributed by atoms with E-state index in [1.54, 1.807) is 0 Å². The molecule has 0 spiro atoms. The second-order valence-electron chi connectivity index (χ2n) is 6.63. The van der Waals surface area contributed by atoms with Gasteiger partial charge < -0.3 is 5.32 Å². The molecule has 0 aliphatic heterocycles. The molecule has 1 amide bonds. The van der Waals surface area contributed by atoms with Crippen LogP contribution in [0.5, 0.6) is 0 Å². The van der Waals surface area contributed by atoms with E-state index in [-0.39, 0.29) is 5.91 Å². The van der Waals surface area contributed by atoms with E-state index in [2.05, 4.69) is 42.9 Å². The van der Waals surface area contributed by atoms with Crippen LogP contribution in [0.4, 0.5) is 0 Å². The number of carbonyl (C=O) groups excluding carboxylic acids is 1. The third-order valence-corrected chi connectivity index (χ3v) is 5.39. The molecule has 5 heteroatoms. The Balaban J connectivity index is 1.68. The first-order chi connectivity index (χ1) is 12.1. The second kappa shape index (κ2) is 6.64. The Morgan fingerprint density at radius 2 is 1.88 bits per heavy atom. The molecule has 25 heavy (non-hydrogen) atoms. The molecule has 3 aromatic rings. The zero-order chi connectivity index (χ0) is 17.4. The molecule has 0 saturated heterocycles. The van der Waals surface area contributed by atoms with E-state index >= 15 is 0 Å². The summed E-state index contributed by atoms with van der Waals surface area (Å²) in [6.45, 7) is 1.99. The van der Waals surface area contributed by atoms with Crippen molar-refractivity contribution in [2.45, 2.75) is 38.6 Å². The summed E-state index contributed by atoms with van der Waals surface area (Å²) in [7, 11) is 0. The fraction of sp³-hybridized carbons (Fsp3) is 0.300. The molecular formula is C20H20BrN3O. The number of hydrogen-bond donors (Lipinski definition) is 1. The second-order valence-corrected chi connectivity index (χ2v) is 7.54. The van der Waals surface area contributed by atoms with Gasteiger partial charge in [0.05, 0.1) is 11.0 Å². The zero-order valence-corrected chi connectivity index (χ0v) is 15.7. The van der Waals surface area contributed by atoms with Crippen LogP contribution in [0.2, 0.25) is 0 Å². The minimum absolute atomic E-state index is 0.00430. The Morgan fingerprint density at radius 3 is 2.60 bits per heavy atom. The van der Waals surface area contributed by atoms with Gasteiger partial charge in [-0.1, -0.05) is 28.8 Å². The van der Waals surface area contributed by atoms with Gasteiger partial charge in [-0.3, -0.25) is 9.36 Å².